The van der Waals surface area contributed by atoms with E-state index in [1.807, 2.05) is 18.2 Å². The van der Waals surface area contributed by atoms with Gasteiger partial charge in [-0.2, -0.15) is 4.98 Å². The lowest BCUT2D eigenvalue weighted by atomic mass is 10.4. The van der Waals surface area contributed by atoms with E-state index in [1.165, 1.54) is 11.2 Å². The maximum atomic E-state index is 11.4. The Balaban J connectivity index is 1.73. The lowest BCUT2D eigenvalue weighted by Crippen LogP contribution is -2.07. The second-order valence-corrected chi connectivity index (χ2v) is 5.01. The molecule has 0 radical (unpaired) electrons. The molecule has 1 aromatic heterocycles. The number of nitrogens with zero attached hydrogens (tertiary/aromatic N) is 1. The first-order chi connectivity index (χ1) is 9.79. The fourth-order valence-corrected chi connectivity index (χ4v) is 2.29. The number of ether oxygens (including phenoxy) is 1. The van der Waals surface area contributed by atoms with Crippen molar-refractivity contribution in [1.82, 2.24) is 4.98 Å². The fraction of sp³-hybridized carbons (Fsp3) is 0.286. The van der Waals surface area contributed by atoms with Crippen molar-refractivity contribution >= 4 is 23.7 Å². The highest BCUT2D eigenvalue weighted by molar-refractivity contribution is 7.99. The summed E-state index contributed by atoms with van der Waals surface area (Å²) in [6, 6.07) is 10.5. The third-order valence-corrected chi connectivity index (χ3v) is 3.39. The molecule has 0 spiro atoms. The van der Waals surface area contributed by atoms with E-state index >= 15 is 0 Å². The van der Waals surface area contributed by atoms with Crippen molar-refractivity contribution in [2.24, 2.45) is 0 Å². The summed E-state index contributed by atoms with van der Waals surface area (Å²) >= 11 is 1.74. The van der Waals surface area contributed by atoms with Crippen molar-refractivity contribution in [1.29, 1.82) is 0 Å². The minimum Gasteiger partial charge on any atom is -0.461 e. The lowest BCUT2D eigenvalue weighted by molar-refractivity contribution is 0.0519. The zero-order chi connectivity index (χ0) is 14.2. The van der Waals surface area contributed by atoms with Gasteiger partial charge in [-0.05, 0) is 19.1 Å². The number of anilines is 1. The Labute approximate surface area is 121 Å². The average Bonchev–Trinajstić information content (AvgIpc) is 2.94. The zero-order valence-electron chi connectivity index (χ0n) is 11.2. The predicted octanol–water partition coefficient (Wildman–Crippen LogP) is 3.06. The van der Waals surface area contributed by atoms with Crippen LogP contribution in [0, 0.1) is 0 Å². The smallest absolute Gasteiger partial charge is 0.360 e. The Morgan fingerprint density at radius 3 is 2.95 bits per heavy atom. The average molecular weight is 292 g/mol. The Morgan fingerprint density at radius 2 is 2.20 bits per heavy atom. The van der Waals surface area contributed by atoms with Crippen LogP contribution in [0.4, 0.5) is 6.01 Å². The van der Waals surface area contributed by atoms with Crippen LogP contribution < -0.4 is 5.32 Å². The van der Waals surface area contributed by atoms with E-state index in [0.717, 1.165) is 5.75 Å². The molecule has 1 N–H and O–H groups in total. The van der Waals surface area contributed by atoms with Gasteiger partial charge in [-0.1, -0.05) is 18.2 Å². The molecule has 0 unspecified atom stereocenters. The van der Waals surface area contributed by atoms with Crippen LogP contribution >= 0.6 is 11.8 Å². The fourth-order valence-electron chi connectivity index (χ4n) is 1.50. The first-order valence-electron chi connectivity index (χ1n) is 6.34. The highest BCUT2D eigenvalue weighted by atomic mass is 32.2. The number of hydrogen-bond acceptors (Lipinski definition) is 6. The molecule has 0 saturated heterocycles. The van der Waals surface area contributed by atoms with Crippen molar-refractivity contribution in [3.05, 3.63) is 42.3 Å². The van der Waals surface area contributed by atoms with Gasteiger partial charge in [-0.3, -0.25) is 0 Å². The van der Waals surface area contributed by atoms with Crippen LogP contribution in [0.2, 0.25) is 0 Å². The van der Waals surface area contributed by atoms with Crippen LogP contribution in [0.3, 0.4) is 0 Å². The highest BCUT2D eigenvalue weighted by Crippen LogP contribution is 2.16. The summed E-state index contributed by atoms with van der Waals surface area (Å²) in [7, 11) is 0. The van der Waals surface area contributed by atoms with Crippen LogP contribution in [0.1, 0.15) is 17.4 Å². The summed E-state index contributed by atoms with van der Waals surface area (Å²) in [6.07, 6.45) is 1.30. The number of aromatic nitrogens is 1. The first kappa shape index (κ1) is 14.5. The summed E-state index contributed by atoms with van der Waals surface area (Å²) in [6.45, 7) is 2.77. The molecule has 20 heavy (non-hydrogen) atoms. The molecular formula is C14H16N2O3S. The highest BCUT2D eigenvalue weighted by Gasteiger charge is 2.12. The largest absolute Gasteiger partial charge is 0.461 e. The van der Waals surface area contributed by atoms with Crippen LogP contribution in [-0.4, -0.2) is 29.9 Å². The van der Waals surface area contributed by atoms with Gasteiger partial charge in [-0.25, -0.2) is 4.79 Å². The van der Waals surface area contributed by atoms with Crippen molar-refractivity contribution in [3.63, 3.8) is 0 Å². The van der Waals surface area contributed by atoms with Gasteiger partial charge in [0.1, 0.15) is 6.26 Å². The quantitative estimate of drug-likeness (QED) is 0.481. The summed E-state index contributed by atoms with van der Waals surface area (Å²) in [4.78, 5) is 16.6. The standard InChI is InChI=1S/C14H16N2O3S/c1-2-18-13(17)12-10-19-14(16-12)15-8-9-20-11-6-4-3-5-7-11/h3-7,10H,2,8-9H2,1H3,(H,15,16). The van der Waals surface area contributed by atoms with Crippen molar-refractivity contribution in [2.45, 2.75) is 11.8 Å². The molecule has 0 saturated carbocycles. The molecule has 0 fully saturated rings. The number of thioether (sulfide) groups is 1. The van der Waals surface area contributed by atoms with E-state index < -0.39 is 5.97 Å². The van der Waals surface area contributed by atoms with Gasteiger partial charge in [0.25, 0.3) is 6.01 Å². The summed E-state index contributed by atoms with van der Waals surface area (Å²) in [5, 5.41) is 3.03. The van der Waals surface area contributed by atoms with E-state index in [9.17, 15) is 4.79 Å². The van der Waals surface area contributed by atoms with Gasteiger partial charge >= 0.3 is 5.97 Å². The molecule has 2 rings (SSSR count). The van der Waals surface area contributed by atoms with E-state index in [1.54, 1.807) is 18.7 Å². The normalized spacial score (nSPS) is 10.2. The number of benzene rings is 1. The van der Waals surface area contributed by atoms with E-state index in [2.05, 4.69) is 22.4 Å². The third kappa shape index (κ3) is 4.31. The maximum absolute atomic E-state index is 11.4. The van der Waals surface area contributed by atoms with Gasteiger partial charge in [0.15, 0.2) is 5.69 Å². The number of carbonyl (C=O) groups excluding carboxylic acids is 1. The molecule has 0 bridgehead atoms. The Hall–Kier alpha value is -1.95. The molecule has 106 valence electrons. The Kier molecular flexibility index (Phi) is 5.49. The molecule has 0 aliphatic rings. The first-order valence-corrected chi connectivity index (χ1v) is 7.32. The molecule has 0 aliphatic heterocycles. The molecule has 0 aliphatic carbocycles. The van der Waals surface area contributed by atoms with Crippen LogP contribution in [0.5, 0.6) is 0 Å². The van der Waals surface area contributed by atoms with Gasteiger partial charge in [-0.15, -0.1) is 11.8 Å². The second kappa shape index (κ2) is 7.59. The number of rotatable bonds is 7. The number of carbonyl (C=O) groups is 1. The molecule has 0 amide bonds. The molecule has 0 atom stereocenters. The Bertz CT molecular complexity index is 542. The van der Waals surface area contributed by atoms with E-state index in [0.29, 0.717) is 19.2 Å². The number of esters is 1. The van der Waals surface area contributed by atoms with Crippen molar-refractivity contribution in [2.75, 3.05) is 24.2 Å². The number of oxazole rings is 1. The van der Waals surface area contributed by atoms with Gasteiger partial charge in [0.2, 0.25) is 0 Å². The molecule has 1 heterocycles. The Morgan fingerprint density at radius 1 is 1.40 bits per heavy atom. The van der Waals surface area contributed by atoms with Gasteiger partial charge < -0.3 is 14.5 Å². The number of hydrogen-bond donors (Lipinski definition) is 1. The SMILES string of the molecule is CCOC(=O)c1coc(NCCSc2ccccc2)n1. The van der Waals surface area contributed by atoms with Crippen molar-refractivity contribution < 1.29 is 13.9 Å². The molecule has 2 aromatic rings. The maximum Gasteiger partial charge on any atom is 0.360 e. The van der Waals surface area contributed by atoms with Crippen LogP contribution in [-0.2, 0) is 4.74 Å². The van der Waals surface area contributed by atoms with E-state index in [-0.39, 0.29) is 5.69 Å². The second-order valence-electron chi connectivity index (χ2n) is 3.85. The van der Waals surface area contributed by atoms with E-state index in [4.69, 9.17) is 9.15 Å². The molecule has 6 heteroatoms. The molecular weight excluding hydrogens is 276 g/mol. The predicted molar refractivity (Wildman–Crippen MR) is 78.1 cm³/mol. The minimum absolute atomic E-state index is 0.185. The van der Waals surface area contributed by atoms with Gasteiger partial charge in [0.05, 0.1) is 6.61 Å². The van der Waals surface area contributed by atoms with Crippen LogP contribution in [0.15, 0.2) is 45.9 Å². The summed E-state index contributed by atoms with van der Waals surface area (Å²) in [5.41, 5.74) is 0.185. The topological polar surface area (TPSA) is 64.4 Å². The summed E-state index contributed by atoms with van der Waals surface area (Å²) < 4.78 is 9.98. The minimum atomic E-state index is -0.469. The zero-order valence-corrected chi connectivity index (χ0v) is 12.0. The monoisotopic (exact) mass is 292 g/mol. The molecule has 5 nitrogen and oxygen atoms in total. The third-order valence-electron chi connectivity index (χ3n) is 2.38. The van der Waals surface area contributed by atoms with Crippen LogP contribution in [0.25, 0.3) is 0 Å². The van der Waals surface area contributed by atoms with Crippen molar-refractivity contribution in [3.8, 4) is 0 Å². The molecule has 1 aromatic carbocycles. The summed E-state index contributed by atoms with van der Waals surface area (Å²) in [5.74, 6) is 0.407. The number of nitrogens with one attached hydrogen (secondary N) is 1. The van der Waals surface area contributed by atoms with Gasteiger partial charge in [0, 0.05) is 17.2 Å². The lowest BCUT2D eigenvalue weighted by Gasteiger charge is -2.01.